The van der Waals surface area contributed by atoms with E-state index in [0.717, 1.165) is 0 Å². The first kappa shape index (κ1) is 41.1. The normalized spacial score (nSPS) is 24.1. The van der Waals surface area contributed by atoms with Crippen LogP contribution in [0.3, 0.4) is 0 Å². The molecule has 55 heavy (non-hydrogen) atoms. The number of ether oxygens (including phenoxy) is 6. The number of imidazole rings is 2. The molecule has 6 N–H and O–H groups in total. The Hall–Kier alpha value is -6.65. The van der Waals surface area contributed by atoms with Crippen molar-refractivity contribution < 1.29 is 52.0 Å². The number of carbonyl (C=O) groups is 4. The molecular formula is C33H38FN11O10. The molecule has 0 amide bonds. The first-order chi connectivity index (χ1) is 25.5. The van der Waals surface area contributed by atoms with E-state index < -0.39 is 65.8 Å². The van der Waals surface area contributed by atoms with Crippen LogP contribution in [0.5, 0.6) is 0 Å². The number of aromatic nitrogens is 8. The van der Waals surface area contributed by atoms with E-state index in [9.17, 15) is 23.6 Å². The summed E-state index contributed by atoms with van der Waals surface area (Å²) < 4.78 is 49.1. The summed E-state index contributed by atoms with van der Waals surface area (Å²) in [5, 5.41) is 0. The largest absolute Gasteiger partial charge is 0.462 e. The number of fused-ring (bicyclic) bond motifs is 2. The van der Waals surface area contributed by atoms with E-state index in [1.165, 1.54) is 44.9 Å². The molecule has 0 spiro atoms. The summed E-state index contributed by atoms with van der Waals surface area (Å²) >= 11 is 0. The van der Waals surface area contributed by atoms with E-state index in [-0.39, 0.29) is 62.2 Å². The first-order valence-electron chi connectivity index (χ1n) is 15.8. The third-order valence-corrected chi connectivity index (χ3v) is 8.16. The average Bonchev–Trinajstić information content (AvgIpc) is 3.86. The van der Waals surface area contributed by atoms with E-state index in [1.807, 2.05) is 0 Å². The van der Waals surface area contributed by atoms with Crippen molar-refractivity contribution in [2.24, 2.45) is 0 Å². The molecule has 0 saturated carbocycles. The predicted molar refractivity (Wildman–Crippen MR) is 188 cm³/mol. The Kier molecular flexibility index (Phi) is 12.1. The zero-order valence-electron chi connectivity index (χ0n) is 29.2. The number of halogens is 1. The van der Waals surface area contributed by atoms with Crippen molar-refractivity contribution in [3.05, 3.63) is 18.7 Å². The monoisotopic (exact) mass is 767 g/mol. The summed E-state index contributed by atoms with van der Waals surface area (Å²) in [5.74, 6) is 2.58. The van der Waals surface area contributed by atoms with Crippen molar-refractivity contribution in [3.8, 4) is 24.7 Å². The fourth-order valence-corrected chi connectivity index (χ4v) is 5.81. The lowest BCUT2D eigenvalue weighted by Crippen LogP contribution is -2.45. The molecule has 4 aromatic heterocycles. The van der Waals surface area contributed by atoms with Crippen LogP contribution < -0.4 is 17.2 Å². The lowest BCUT2D eigenvalue weighted by Gasteiger charge is -2.28. The van der Waals surface area contributed by atoms with Gasteiger partial charge in [0, 0.05) is 40.5 Å². The lowest BCUT2D eigenvalue weighted by atomic mass is 9.98. The van der Waals surface area contributed by atoms with Crippen molar-refractivity contribution in [2.75, 3.05) is 30.4 Å². The molecule has 0 aliphatic carbocycles. The number of hydrogen-bond donors (Lipinski definition) is 3. The molecule has 22 heteroatoms. The van der Waals surface area contributed by atoms with Crippen molar-refractivity contribution >= 4 is 63.8 Å². The molecule has 2 saturated heterocycles. The lowest BCUT2D eigenvalue weighted by molar-refractivity contribution is -0.165. The SMILES string of the molecule is C.C#C[C@]1(COC(C)=O)O[C@@H](n2cnc3c(N)nc(F)nc32)C[C@H]1OC(C)=O.C#C[C@]1(COC(C)=O)O[C@@H](n2cnc3c(N)nc(N)nc32)C[C@H]1OC(C)=O. The third kappa shape index (κ3) is 8.45. The van der Waals surface area contributed by atoms with Gasteiger partial charge in [-0.25, -0.2) is 9.97 Å². The number of nitrogen functional groups attached to an aromatic ring is 3. The van der Waals surface area contributed by atoms with Crippen LogP contribution in [0, 0.1) is 30.8 Å². The summed E-state index contributed by atoms with van der Waals surface area (Å²) in [7, 11) is 0. The van der Waals surface area contributed by atoms with Crippen LogP contribution in [0.1, 0.15) is 60.4 Å². The minimum atomic E-state index is -1.52. The second-order valence-electron chi connectivity index (χ2n) is 11.9. The minimum absolute atomic E-state index is 0. The predicted octanol–water partition coefficient (Wildman–Crippen LogP) is 0.746. The van der Waals surface area contributed by atoms with Crippen LogP contribution in [0.15, 0.2) is 12.7 Å². The highest BCUT2D eigenvalue weighted by Crippen LogP contribution is 2.41. The highest BCUT2D eigenvalue weighted by Gasteiger charge is 2.53. The highest BCUT2D eigenvalue weighted by atomic mass is 19.1. The molecule has 0 aromatic carbocycles. The maximum absolute atomic E-state index is 13.6. The van der Waals surface area contributed by atoms with Gasteiger partial charge in [0.15, 0.2) is 28.4 Å². The third-order valence-electron chi connectivity index (χ3n) is 8.16. The van der Waals surface area contributed by atoms with Gasteiger partial charge in [0.1, 0.15) is 43.4 Å². The summed E-state index contributed by atoms with van der Waals surface area (Å²) in [6.45, 7) is 4.31. The molecule has 6 rings (SSSR count). The summed E-state index contributed by atoms with van der Waals surface area (Å²) in [6, 6.07) is 0. The van der Waals surface area contributed by atoms with Crippen LogP contribution in [-0.2, 0) is 47.6 Å². The summed E-state index contributed by atoms with van der Waals surface area (Å²) in [4.78, 5) is 68.8. The number of anilines is 3. The highest BCUT2D eigenvalue weighted by molar-refractivity contribution is 5.83. The average molecular weight is 768 g/mol. The molecule has 6 atom stereocenters. The van der Waals surface area contributed by atoms with Gasteiger partial charge in [-0.3, -0.25) is 28.3 Å². The van der Waals surface area contributed by atoms with Crippen molar-refractivity contribution in [1.29, 1.82) is 0 Å². The number of nitrogens with zero attached hydrogens (tertiary/aromatic N) is 8. The van der Waals surface area contributed by atoms with Crippen LogP contribution in [0.4, 0.5) is 22.0 Å². The molecule has 21 nitrogen and oxygen atoms in total. The van der Waals surface area contributed by atoms with Crippen molar-refractivity contribution in [3.63, 3.8) is 0 Å². The van der Waals surface area contributed by atoms with Gasteiger partial charge < -0.3 is 45.6 Å². The van der Waals surface area contributed by atoms with Crippen LogP contribution >= 0.6 is 0 Å². The Morgan fingerprint density at radius 2 is 1.18 bits per heavy atom. The summed E-state index contributed by atoms with van der Waals surface area (Å²) in [5.41, 5.74) is 15.1. The second-order valence-corrected chi connectivity index (χ2v) is 11.9. The number of esters is 4. The molecule has 2 aliphatic rings. The van der Waals surface area contributed by atoms with E-state index >= 15 is 0 Å². The van der Waals surface area contributed by atoms with E-state index in [4.69, 9.17) is 58.5 Å². The Morgan fingerprint density at radius 3 is 1.58 bits per heavy atom. The Bertz CT molecular complexity index is 2060. The van der Waals surface area contributed by atoms with Crippen LogP contribution in [-0.4, -0.2) is 99.5 Å². The van der Waals surface area contributed by atoms with Gasteiger partial charge in [0.25, 0.3) is 0 Å². The van der Waals surface area contributed by atoms with Gasteiger partial charge in [-0.1, -0.05) is 19.3 Å². The van der Waals surface area contributed by atoms with Gasteiger partial charge in [-0.2, -0.15) is 24.3 Å². The zero-order valence-corrected chi connectivity index (χ0v) is 29.2. The van der Waals surface area contributed by atoms with Gasteiger partial charge in [0.2, 0.25) is 17.2 Å². The second kappa shape index (κ2) is 16.2. The maximum Gasteiger partial charge on any atom is 0.312 e. The van der Waals surface area contributed by atoms with E-state index in [0.29, 0.717) is 11.2 Å². The van der Waals surface area contributed by atoms with Crippen molar-refractivity contribution in [2.45, 2.75) is 83.8 Å². The number of rotatable bonds is 8. The fraction of sp³-hybridized carbons (Fsp3) is 0.455. The zero-order chi connectivity index (χ0) is 39.5. The number of carbonyl (C=O) groups excluding carboxylic acids is 4. The molecule has 2 aliphatic heterocycles. The van der Waals surface area contributed by atoms with Gasteiger partial charge in [-0.15, -0.1) is 12.8 Å². The molecule has 0 unspecified atom stereocenters. The standard InChI is InChI=1S/C16H16FN5O5.C16H18N6O5.CH4/c1-4-16(6-25-8(2)23)10(26-9(3)24)5-11(27-16)22-7-19-12-13(18)20-15(17)21-14(12)22;1-4-16(6-25-8(2)23)10(26-9(3)24)5-11(27-16)22-7-19-12-13(17)20-15(18)21-14(12)22;/h1,7,10-11H,5-6H2,2-3H3,(H2,18,20,21);1,7,10-11H,5-6H2,2-3H3,(H4,17,18,20,21);1H4/t2*10-,11-,16-;/m11./s1. The topological polar surface area (TPSA) is 289 Å². The number of nitrogens with two attached hydrogens (primary N) is 3. The quantitative estimate of drug-likeness (QED) is 0.0964. The van der Waals surface area contributed by atoms with Crippen molar-refractivity contribution in [1.82, 2.24) is 39.0 Å². The number of hydrogen-bond acceptors (Lipinski definition) is 19. The smallest absolute Gasteiger partial charge is 0.312 e. The Balaban J connectivity index is 0.000000240. The van der Waals surface area contributed by atoms with Gasteiger partial charge in [-0.05, 0) is 0 Å². The Morgan fingerprint density at radius 1 is 0.764 bits per heavy atom. The van der Waals surface area contributed by atoms with Gasteiger partial charge in [0.05, 0.1) is 12.7 Å². The van der Waals surface area contributed by atoms with Gasteiger partial charge >= 0.3 is 30.0 Å². The van der Waals surface area contributed by atoms with Crippen LogP contribution in [0.25, 0.3) is 22.3 Å². The molecule has 6 heterocycles. The Labute approximate surface area is 312 Å². The molecule has 0 radical (unpaired) electrons. The van der Waals surface area contributed by atoms with Crippen LogP contribution in [0.2, 0.25) is 0 Å². The number of terminal acetylenes is 2. The molecule has 2 fully saturated rings. The maximum atomic E-state index is 13.6. The molecule has 292 valence electrons. The van der Waals surface area contributed by atoms with E-state index in [2.05, 4.69) is 41.7 Å². The fourth-order valence-electron chi connectivity index (χ4n) is 5.81. The van der Waals surface area contributed by atoms with E-state index in [1.54, 1.807) is 4.57 Å². The molecular weight excluding hydrogens is 729 g/mol. The molecule has 4 aromatic rings. The summed E-state index contributed by atoms with van der Waals surface area (Å²) in [6.07, 6.45) is 10.0. The minimum Gasteiger partial charge on any atom is -0.462 e. The molecule has 0 bridgehead atoms. The first-order valence-corrected chi connectivity index (χ1v) is 15.8.